The van der Waals surface area contributed by atoms with Crippen molar-refractivity contribution >= 4 is 0 Å². The van der Waals surface area contributed by atoms with E-state index in [4.69, 9.17) is 4.74 Å². The highest BCUT2D eigenvalue weighted by atomic mass is 16.5. The van der Waals surface area contributed by atoms with E-state index in [-0.39, 0.29) is 0 Å². The molecule has 97 valence electrons. The minimum absolute atomic E-state index is 0.827. The van der Waals surface area contributed by atoms with Gasteiger partial charge in [0.2, 0.25) is 0 Å². The van der Waals surface area contributed by atoms with Gasteiger partial charge in [0.1, 0.15) is 11.5 Å². The van der Waals surface area contributed by atoms with Gasteiger partial charge in [0.15, 0.2) is 0 Å². The van der Waals surface area contributed by atoms with Crippen LogP contribution in [0.1, 0.15) is 5.56 Å². The van der Waals surface area contributed by atoms with Crippen LogP contribution in [0, 0.1) is 13.0 Å². The van der Waals surface area contributed by atoms with Gasteiger partial charge in [-0.1, -0.05) is 54.6 Å². The van der Waals surface area contributed by atoms with E-state index in [9.17, 15) is 0 Å². The van der Waals surface area contributed by atoms with Gasteiger partial charge in [0.05, 0.1) is 0 Å². The van der Waals surface area contributed by atoms with Crippen molar-refractivity contribution in [2.24, 2.45) is 0 Å². The van der Waals surface area contributed by atoms with Gasteiger partial charge in [-0.25, -0.2) is 0 Å². The Morgan fingerprint density at radius 2 is 1.55 bits per heavy atom. The third-order valence-corrected chi connectivity index (χ3v) is 3.23. The molecule has 0 saturated heterocycles. The minimum atomic E-state index is 0.827. The van der Waals surface area contributed by atoms with Gasteiger partial charge in [-0.05, 0) is 42.3 Å². The predicted octanol–water partition coefficient (Wildman–Crippen LogP) is 5.25. The van der Waals surface area contributed by atoms with Gasteiger partial charge in [0.25, 0.3) is 0 Å². The molecule has 0 fully saturated rings. The molecule has 3 aromatic rings. The Kier molecular flexibility index (Phi) is 3.51. The lowest BCUT2D eigenvalue weighted by Gasteiger charge is -2.12. The SMILES string of the molecule is Cc1ccccc1-c1cc[c]cc1Oc1ccccc1. The van der Waals surface area contributed by atoms with Gasteiger partial charge >= 0.3 is 0 Å². The average Bonchev–Trinajstić information content (AvgIpc) is 2.50. The van der Waals surface area contributed by atoms with Gasteiger partial charge in [0, 0.05) is 5.56 Å². The number of rotatable bonds is 3. The molecule has 0 aromatic heterocycles. The predicted molar refractivity (Wildman–Crippen MR) is 82.0 cm³/mol. The summed E-state index contributed by atoms with van der Waals surface area (Å²) in [7, 11) is 0. The number of ether oxygens (including phenoxy) is 1. The standard InChI is InChI=1S/C19H15O/c1-15-9-5-6-12-17(15)18-13-7-8-14-19(18)20-16-10-3-2-4-11-16/h2-7,9-14H,1H3. The molecule has 0 amide bonds. The van der Waals surface area contributed by atoms with Gasteiger partial charge in [-0.2, -0.15) is 0 Å². The van der Waals surface area contributed by atoms with Gasteiger partial charge in [-0.3, -0.25) is 0 Å². The van der Waals surface area contributed by atoms with Crippen LogP contribution in [-0.4, -0.2) is 0 Å². The van der Waals surface area contributed by atoms with Gasteiger partial charge < -0.3 is 4.74 Å². The zero-order valence-corrected chi connectivity index (χ0v) is 11.3. The first-order chi connectivity index (χ1) is 9.84. The van der Waals surface area contributed by atoms with E-state index in [1.165, 1.54) is 11.1 Å². The second kappa shape index (κ2) is 5.62. The highest BCUT2D eigenvalue weighted by Crippen LogP contribution is 2.34. The summed E-state index contributed by atoms with van der Waals surface area (Å²) >= 11 is 0. The van der Waals surface area contributed by atoms with Crippen LogP contribution in [0.15, 0.2) is 72.8 Å². The Labute approximate surface area is 119 Å². The van der Waals surface area contributed by atoms with Crippen molar-refractivity contribution in [3.05, 3.63) is 84.4 Å². The molecule has 0 atom stereocenters. The summed E-state index contributed by atoms with van der Waals surface area (Å²) in [5.74, 6) is 1.66. The molecule has 0 aliphatic carbocycles. The van der Waals surface area contributed by atoms with Crippen molar-refractivity contribution in [1.29, 1.82) is 0 Å². The largest absolute Gasteiger partial charge is 0.457 e. The third kappa shape index (κ3) is 2.57. The molecule has 3 rings (SSSR count). The quantitative estimate of drug-likeness (QED) is 0.623. The Hall–Kier alpha value is -2.54. The third-order valence-electron chi connectivity index (χ3n) is 3.23. The zero-order chi connectivity index (χ0) is 13.8. The summed E-state index contributed by atoms with van der Waals surface area (Å²) in [4.78, 5) is 0. The summed E-state index contributed by atoms with van der Waals surface area (Å²) in [6, 6.07) is 27.1. The number of benzene rings is 3. The first kappa shape index (κ1) is 12.5. The number of para-hydroxylation sites is 1. The molecule has 3 aromatic carbocycles. The molecule has 1 radical (unpaired) electrons. The summed E-state index contributed by atoms with van der Waals surface area (Å²) in [5.41, 5.74) is 3.51. The normalized spacial score (nSPS) is 10.2. The summed E-state index contributed by atoms with van der Waals surface area (Å²) < 4.78 is 5.99. The van der Waals surface area contributed by atoms with Crippen molar-refractivity contribution < 1.29 is 4.74 Å². The van der Waals surface area contributed by atoms with E-state index in [1.54, 1.807) is 0 Å². The summed E-state index contributed by atoms with van der Waals surface area (Å²) in [6.45, 7) is 2.11. The monoisotopic (exact) mass is 259 g/mol. The molecule has 0 spiro atoms. The molecule has 20 heavy (non-hydrogen) atoms. The van der Waals surface area contributed by atoms with Crippen LogP contribution in [0.4, 0.5) is 0 Å². The van der Waals surface area contributed by atoms with Crippen LogP contribution >= 0.6 is 0 Å². The molecule has 0 saturated carbocycles. The molecule has 0 bridgehead atoms. The molecule has 1 heteroatoms. The van der Waals surface area contributed by atoms with Crippen molar-refractivity contribution in [3.8, 4) is 22.6 Å². The van der Waals surface area contributed by atoms with Crippen LogP contribution in [0.3, 0.4) is 0 Å². The molecule has 0 aliphatic heterocycles. The van der Waals surface area contributed by atoms with Crippen LogP contribution in [0.2, 0.25) is 0 Å². The number of hydrogen-bond acceptors (Lipinski definition) is 1. The van der Waals surface area contributed by atoms with Crippen molar-refractivity contribution in [2.75, 3.05) is 0 Å². The Bertz CT molecular complexity index is 702. The van der Waals surface area contributed by atoms with E-state index >= 15 is 0 Å². The highest BCUT2D eigenvalue weighted by Gasteiger charge is 2.08. The Morgan fingerprint density at radius 1 is 0.800 bits per heavy atom. The lowest BCUT2D eigenvalue weighted by molar-refractivity contribution is 0.484. The van der Waals surface area contributed by atoms with E-state index in [0.717, 1.165) is 17.1 Å². The Morgan fingerprint density at radius 3 is 2.35 bits per heavy atom. The average molecular weight is 259 g/mol. The topological polar surface area (TPSA) is 9.23 Å². The molecule has 1 nitrogen and oxygen atoms in total. The summed E-state index contributed by atoms with van der Waals surface area (Å²) in [5, 5.41) is 0. The molecule has 0 heterocycles. The maximum absolute atomic E-state index is 5.99. The first-order valence-electron chi connectivity index (χ1n) is 6.63. The molecular weight excluding hydrogens is 244 g/mol. The fourth-order valence-corrected chi connectivity index (χ4v) is 2.21. The highest BCUT2D eigenvalue weighted by molar-refractivity contribution is 5.73. The van der Waals surface area contributed by atoms with Crippen molar-refractivity contribution in [1.82, 2.24) is 0 Å². The zero-order valence-electron chi connectivity index (χ0n) is 11.3. The van der Waals surface area contributed by atoms with E-state index in [2.05, 4.69) is 25.1 Å². The number of aryl methyl sites for hydroxylation is 1. The molecule has 0 N–H and O–H groups in total. The smallest absolute Gasteiger partial charge is 0.135 e. The Balaban J connectivity index is 2.03. The van der Waals surface area contributed by atoms with Crippen LogP contribution in [-0.2, 0) is 0 Å². The second-order valence-corrected chi connectivity index (χ2v) is 4.65. The van der Waals surface area contributed by atoms with E-state index < -0.39 is 0 Å². The fraction of sp³-hybridized carbons (Fsp3) is 0.0526. The van der Waals surface area contributed by atoms with Crippen LogP contribution in [0.25, 0.3) is 11.1 Å². The molecule has 0 aliphatic rings. The van der Waals surface area contributed by atoms with Crippen molar-refractivity contribution in [2.45, 2.75) is 6.92 Å². The van der Waals surface area contributed by atoms with E-state index in [0.29, 0.717) is 0 Å². The molecular formula is C19H15O. The van der Waals surface area contributed by atoms with Gasteiger partial charge in [-0.15, -0.1) is 0 Å². The van der Waals surface area contributed by atoms with Crippen molar-refractivity contribution in [3.63, 3.8) is 0 Å². The van der Waals surface area contributed by atoms with Crippen LogP contribution in [0.5, 0.6) is 11.5 Å². The lowest BCUT2D eigenvalue weighted by atomic mass is 10.00. The first-order valence-corrected chi connectivity index (χ1v) is 6.63. The maximum atomic E-state index is 5.99. The summed E-state index contributed by atoms with van der Waals surface area (Å²) in [6.07, 6.45) is 0. The van der Waals surface area contributed by atoms with E-state index in [1.807, 2.05) is 60.7 Å². The fourth-order valence-electron chi connectivity index (χ4n) is 2.21. The van der Waals surface area contributed by atoms with Crippen LogP contribution < -0.4 is 4.74 Å². The number of hydrogen-bond donors (Lipinski definition) is 0. The lowest BCUT2D eigenvalue weighted by Crippen LogP contribution is -1.89. The molecule has 0 unspecified atom stereocenters. The maximum Gasteiger partial charge on any atom is 0.135 e. The second-order valence-electron chi connectivity index (χ2n) is 4.65. The minimum Gasteiger partial charge on any atom is -0.457 e.